The number of nitrogens with zero attached hydrogens (tertiary/aromatic N) is 2. The van der Waals surface area contributed by atoms with E-state index in [0.717, 1.165) is 24.3 Å². The van der Waals surface area contributed by atoms with Gasteiger partial charge in [-0.1, -0.05) is 23.7 Å². The lowest BCUT2D eigenvalue weighted by molar-refractivity contribution is 0.599. The summed E-state index contributed by atoms with van der Waals surface area (Å²) in [6.07, 6.45) is 2.63. The molecule has 3 nitrogen and oxygen atoms in total. The van der Waals surface area contributed by atoms with Crippen LogP contribution < -0.4 is 10.6 Å². The number of benzene rings is 1. The summed E-state index contributed by atoms with van der Waals surface area (Å²) in [5.74, 6) is 0.470. The van der Waals surface area contributed by atoms with Crippen molar-refractivity contribution >= 4 is 17.4 Å². The fourth-order valence-electron chi connectivity index (χ4n) is 2.72. The zero-order chi connectivity index (χ0) is 14.1. The fraction of sp³-hybridized carbons (Fsp3) is 0.267. The number of aromatic nitrogens is 1. The maximum atomic E-state index is 13.3. The third-order valence-corrected chi connectivity index (χ3v) is 3.96. The van der Waals surface area contributed by atoms with Crippen LogP contribution in [-0.2, 0) is 0 Å². The van der Waals surface area contributed by atoms with Crippen molar-refractivity contribution in [1.82, 2.24) is 4.98 Å². The van der Waals surface area contributed by atoms with E-state index in [4.69, 9.17) is 17.3 Å². The average molecular weight is 292 g/mol. The van der Waals surface area contributed by atoms with Gasteiger partial charge >= 0.3 is 0 Å². The van der Waals surface area contributed by atoms with Crippen LogP contribution in [0.25, 0.3) is 0 Å². The molecule has 1 aliphatic rings. The van der Waals surface area contributed by atoms with E-state index in [1.54, 1.807) is 18.3 Å². The zero-order valence-electron chi connectivity index (χ0n) is 10.8. The summed E-state index contributed by atoms with van der Waals surface area (Å²) in [5.41, 5.74) is 7.14. The first-order valence-corrected chi connectivity index (χ1v) is 6.93. The average Bonchev–Trinajstić information content (AvgIpc) is 2.85. The summed E-state index contributed by atoms with van der Waals surface area (Å²) in [5, 5.41) is 0.127. The molecular weight excluding hydrogens is 277 g/mol. The van der Waals surface area contributed by atoms with Gasteiger partial charge in [-0.05, 0) is 36.2 Å². The summed E-state index contributed by atoms with van der Waals surface area (Å²) < 4.78 is 13.3. The Kier molecular flexibility index (Phi) is 3.59. The molecule has 0 radical (unpaired) electrons. The Labute approximate surface area is 122 Å². The van der Waals surface area contributed by atoms with Gasteiger partial charge in [-0.25, -0.2) is 9.37 Å². The molecule has 0 bridgehead atoms. The number of halogens is 2. The summed E-state index contributed by atoms with van der Waals surface area (Å²) in [4.78, 5) is 6.52. The van der Waals surface area contributed by atoms with Crippen molar-refractivity contribution < 1.29 is 4.39 Å². The van der Waals surface area contributed by atoms with Crippen LogP contribution in [0.15, 0.2) is 42.6 Å². The van der Waals surface area contributed by atoms with Crippen LogP contribution in [0.2, 0.25) is 5.02 Å². The first kappa shape index (κ1) is 13.3. The molecular formula is C15H15ClFN3. The molecule has 20 heavy (non-hydrogen) atoms. The second-order valence-corrected chi connectivity index (χ2v) is 5.36. The van der Waals surface area contributed by atoms with E-state index in [-0.39, 0.29) is 17.1 Å². The predicted octanol–water partition coefficient (Wildman–Crippen LogP) is 3.15. The summed E-state index contributed by atoms with van der Waals surface area (Å²) in [6, 6.07) is 10.5. The number of rotatable bonds is 2. The first-order valence-electron chi connectivity index (χ1n) is 6.55. The highest BCUT2D eigenvalue weighted by molar-refractivity contribution is 6.30. The van der Waals surface area contributed by atoms with Crippen LogP contribution in [0, 0.1) is 5.82 Å². The number of pyridine rings is 1. The SMILES string of the molecule is NC1CCN(c2ccccn2)[C@H]1c1ccc(F)c(Cl)c1. The molecule has 2 atom stereocenters. The Morgan fingerprint density at radius 2 is 2.15 bits per heavy atom. The molecule has 0 saturated carbocycles. The van der Waals surface area contributed by atoms with Crippen LogP contribution in [0.4, 0.5) is 10.2 Å². The predicted molar refractivity (Wildman–Crippen MR) is 78.3 cm³/mol. The number of nitrogens with two attached hydrogens (primary N) is 1. The van der Waals surface area contributed by atoms with Crippen molar-refractivity contribution in [1.29, 1.82) is 0 Å². The molecule has 2 aromatic rings. The van der Waals surface area contributed by atoms with Gasteiger partial charge in [-0.2, -0.15) is 0 Å². The van der Waals surface area contributed by atoms with E-state index in [1.165, 1.54) is 6.07 Å². The molecule has 0 aliphatic carbocycles. The lowest BCUT2D eigenvalue weighted by Crippen LogP contribution is -2.32. The van der Waals surface area contributed by atoms with Crippen LogP contribution >= 0.6 is 11.6 Å². The second kappa shape index (κ2) is 5.38. The highest BCUT2D eigenvalue weighted by Gasteiger charge is 2.33. The molecule has 1 fully saturated rings. The molecule has 1 unspecified atom stereocenters. The van der Waals surface area contributed by atoms with Crippen molar-refractivity contribution in [2.45, 2.75) is 18.5 Å². The van der Waals surface area contributed by atoms with Crippen molar-refractivity contribution in [3.05, 3.63) is 59.0 Å². The molecule has 1 aromatic carbocycles. The van der Waals surface area contributed by atoms with E-state index in [0.29, 0.717) is 0 Å². The van der Waals surface area contributed by atoms with Gasteiger partial charge in [0.2, 0.25) is 0 Å². The monoisotopic (exact) mass is 291 g/mol. The molecule has 2 N–H and O–H groups in total. The maximum Gasteiger partial charge on any atom is 0.141 e. The highest BCUT2D eigenvalue weighted by atomic mass is 35.5. The lowest BCUT2D eigenvalue weighted by atomic mass is 10.0. The molecule has 1 saturated heterocycles. The Bertz CT molecular complexity index is 605. The van der Waals surface area contributed by atoms with Crippen LogP contribution in [-0.4, -0.2) is 17.6 Å². The molecule has 1 aromatic heterocycles. The largest absolute Gasteiger partial charge is 0.348 e. The van der Waals surface area contributed by atoms with E-state index in [1.807, 2.05) is 18.2 Å². The number of anilines is 1. The third-order valence-electron chi connectivity index (χ3n) is 3.67. The minimum absolute atomic E-state index is 0.0152. The topological polar surface area (TPSA) is 42.1 Å². The zero-order valence-corrected chi connectivity index (χ0v) is 11.6. The highest BCUT2D eigenvalue weighted by Crippen LogP contribution is 2.35. The van der Waals surface area contributed by atoms with Gasteiger partial charge in [0, 0.05) is 18.8 Å². The second-order valence-electron chi connectivity index (χ2n) is 4.95. The van der Waals surface area contributed by atoms with Crippen molar-refractivity contribution in [2.75, 3.05) is 11.4 Å². The Morgan fingerprint density at radius 1 is 1.30 bits per heavy atom. The summed E-state index contributed by atoms with van der Waals surface area (Å²) in [6.45, 7) is 0.831. The van der Waals surface area contributed by atoms with Gasteiger partial charge in [0.05, 0.1) is 11.1 Å². The molecule has 2 heterocycles. The Balaban J connectivity index is 1.98. The maximum absolute atomic E-state index is 13.3. The Morgan fingerprint density at radius 3 is 2.85 bits per heavy atom. The van der Waals surface area contributed by atoms with Crippen molar-refractivity contribution in [2.24, 2.45) is 5.73 Å². The number of hydrogen-bond donors (Lipinski definition) is 1. The quantitative estimate of drug-likeness (QED) is 0.924. The van der Waals surface area contributed by atoms with Crippen molar-refractivity contribution in [3.63, 3.8) is 0 Å². The molecule has 0 spiro atoms. The summed E-state index contributed by atoms with van der Waals surface area (Å²) >= 11 is 5.88. The Hall–Kier alpha value is -1.65. The third kappa shape index (κ3) is 2.37. The minimum atomic E-state index is -0.411. The molecule has 3 rings (SSSR count). The standard InChI is InChI=1S/C15H15ClFN3/c16-11-9-10(4-5-12(11)17)15-13(18)6-8-20(15)14-3-1-2-7-19-14/h1-5,7,9,13,15H,6,8,18H2/t13?,15-/m0/s1. The molecule has 5 heteroatoms. The molecule has 0 amide bonds. The van der Waals surface area contributed by atoms with E-state index in [2.05, 4.69) is 9.88 Å². The minimum Gasteiger partial charge on any atom is -0.348 e. The van der Waals surface area contributed by atoms with Gasteiger partial charge in [0.25, 0.3) is 0 Å². The van der Waals surface area contributed by atoms with E-state index in [9.17, 15) is 4.39 Å². The van der Waals surface area contributed by atoms with Gasteiger partial charge < -0.3 is 10.6 Å². The van der Waals surface area contributed by atoms with Gasteiger partial charge in [-0.15, -0.1) is 0 Å². The molecule has 104 valence electrons. The van der Waals surface area contributed by atoms with Crippen molar-refractivity contribution in [3.8, 4) is 0 Å². The van der Waals surface area contributed by atoms with Crippen LogP contribution in [0.3, 0.4) is 0 Å². The van der Waals surface area contributed by atoms with Crippen LogP contribution in [0.5, 0.6) is 0 Å². The van der Waals surface area contributed by atoms with Gasteiger partial charge in [-0.3, -0.25) is 0 Å². The van der Waals surface area contributed by atoms with Gasteiger partial charge in [0.15, 0.2) is 0 Å². The summed E-state index contributed by atoms with van der Waals surface area (Å²) in [7, 11) is 0. The van der Waals surface area contributed by atoms with Gasteiger partial charge in [0.1, 0.15) is 11.6 Å². The van der Waals surface area contributed by atoms with E-state index < -0.39 is 5.82 Å². The number of hydrogen-bond acceptors (Lipinski definition) is 3. The smallest absolute Gasteiger partial charge is 0.141 e. The van der Waals surface area contributed by atoms with E-state index >= 15 is 0 Å². The lowest BCUT2D eigenvalue weighted by Gasteiger charge is -2.28. The first-order chi connectivity index (χ1) is 9.66. The van der Waals surface area contributed by atoms with Crippen LogP contribution in [0.1, 0.15) is 18.0 Å². The molecule has 1 aliphatic heterocycles. The normalized spacial score (nSPS) is 22.2. The fourth-order valence-corrected chi connectivity index (χ4v) is 2.91.